The van der Waals surface area contributed by atoms with Crippen LogP contribution in [0.1, 0.15) is 12.5 Å². The number of benzene rings is 1. The van der Waals surface area contributed by atoms with Crippen molar-refractivity contribution in [2.45, 2.75) is 13.0 Å². The standard InChI is InChI=1S/C10H12BrN3/c1-7(13)6-14-10-4-9(11)3-2-8(10)5-12/h2-4,7,14H,6,13H2,1H3. The molecule has 14 heavy (non-hydrogen) atoms. The van der Waals surface area contributed by atoms with Gasteiger partial charge < -0.3 is 11.1 Å². The lowest BCUT2D eigenvalue weighted by molar-refractivity contribution is 0.780. The Morgan fingerprint density at radius 1 is 1.64 bits per heavy atom. The maximum atomic E-state index is 8.84. The van der Waals surface area contributed by atoms with E-state index in [-0.39, 0.29) is 6.04 Å². The van der Waals surface area contributed by atoms with E-state index in [1.165, 1.54) is 0 Å². The Morgan fingerprint density at radius 3 is 2.93 bits per heavy atom. The molecule has 0 heterocycles. The third-order valence-electron chi connectivity index (χ3n) is 1.72. The van der Waals surface area contributed by atoms with Gasteiger partial charge in [-0.25, -0.2) is 0 Å². The molecule has 74 valence electrons. The Bertz CT molecular complexity index is 355. The van der Waals surface area contributed by atoms with Crippen molar-refractivity contribution < 1.29 is 0 Å². The van der Waals surface area contributed by atoms with Crippen molar-refractivity contribution in [3.05, 3.63) is 28.2 Å². The zero-order valence-electron chi connectivity index (χ0n) is 7.92. The molecular weight excluding hydrogens is 242 g/mol. The van der Waals surface area contributed by atoms with Crippen molar-refractivity contribution in [2.24, 2.45) is 5.73 Å². The zero-order valence-corrected chi connectivity index (χ0v) is 9.51. The van der Waals surface area contributed by atoms with Crippen molar-refractivity contribution in [3.63, 3.8) is 0 Å². The molecule has 0 bridgehead atoms. The van der Waals surface area contributed by atoms with Gasteiger partial charge in [0.25, 0.3) is 0 Å². The summed E-state index contributed by atoms with van der Waals surface area (Å²) in [6.07, 6.45) is 0. The highest BCUT2D eigenvalue weighted by Gasteiger charge is 2.02. The summed E-state index contributed by atoms with van der Waals surface area (Å²) in [4.78, 5) is 0. The molecular formula is C10H12BrN3. The molecule has 4 heteroatoms. The largest absolute Gasteiger partial charge is 0.382 e. The first kappa shape index (κ1) is 11.0. The number of halogens is 1. The number of anilines is 1. The quantitative estimate of drug-likeness (QED) is 0.868. The summed E-state index contributed by atoms with van der Waals surface area (Å²) in [5, 5.41) is 12.0. The predicted octanol–water partition coefficient (Wildman–Crippen LogP) is 2.08. The first-order valence-corrected chi connectivity index (χ1v) is 5.12. The molecule has 1 atom stereocenters. The second kappa shape index (κ2) is 4.99. The molecule has 1 aromatic carbocycles. The van der Waals surface area contributed by atoms with Gasteiger partial charge in [-0.3, -0.25) is 0 Å². The molecule has 3 N–H and O–H groups in total. The molecule has 0 spiro atoms. The minimum atomic E-state index is 0.0699. The topological polar surface area (TPSA) is 61.8 Å². The van der Waals surface area contributed by atoms with Crippen molar-refractivity contribution >= 4 is 21.6 Å². The number of nitrogens with one attached hydrogen (secondary N) is 1. The molecule has 1 aromatic rings. The van der Waals surface area contributed by atoms with E-state index >= 15 is 0 Å². The lowest BCUT2D eigenvalue weighted by Crippen LogP contribution is -2.25. The van der Waals surface area contributed by atoms with E-state index < -0.39 is 0 Å². The van der Waals surface area contributed by atoms with Crippen LogP contribution in [-0.2, 0) is 0 Å². The summed E-state index contributed by atoms with van der Waals surface area (Å²) in [7, 11) is 0. The van der Waals surface area contributed by atoms with Gasteiger partial charge in [0.2, 0.25) is 0 Å². The van der Waals surface area contributed by atoms with Crippen LogP contribution in [-0.4, -0.2) is 12.6 Å². The highest BCUT2D eigenvalue weighted by atomic mass is 79.9. The van der Waals surface area contributed by atoms with Crippen molar-refractivity contribution in [1.82, 2.24) is 0 Å². The monoisotopic (exact) mass is 253 g/mol. The first-order valence-electron chi connectivity index (χ1n) is 4.32. The summed E-state index contributed by atoms with van der Waals surface area (Å²) in [5.74, 6) is 0. The summed E-state index contributed by atoms with van der Waals surface area (Å²) in [6.45, 7) is 2.57. The van der Waals surface area contributed by atoms with E-state index in [4.69, 9.17) is 11.0 Å². The van der Waals surface area contributed by atoms with E-state index in [2.05, 4.69) is 27.3 Å². The number of nitrogens with zero attached hydrogens (tertiary/aromatic N) is 1. The fourth-order valence-corrected chi connectivity index (χ4v) is 1.39. The van der Waals surface area contributed by atoms with Gasteiger partial charge in [-0.2, -0.15) is 5.26 Å². The van der Waals surface area contributed by atoms with Crippen LogP contribution < -0.4 is 11.1 Å². The van der Waals surface area contributed by atoms with Gasteiger partial charge >= 0.3 is 0 Å². The number of nitrogens with two attached hydrogens (primary N) is 1. The van der Waals surface area contributed by atoms with Gasteiger partial charge in [-0.1, -0.05) is 15.9 Å². The molecule has 0 radical (unpaired) electrons. The average molecular weight is 254 g/mol. The zero-order chi connectivity index (χ0) is 10.6. The van der Waals surface area contributed by atoms with Gasteiger partial charge in [0, 0.05) is 17.1 Å². The van der Waals surface area contributed by atoms with Gasteiger partial charge in [-0.05, 0) is 25.1 Å². The fraction of sp³-hybridized carbons (Fsp3) is 0.300. The summed E-state index contributed by atoms with van der Waals surface area (Å²) >= 11 is 3.35. The molecule has 0 aromatic heterocycles. The number of nitriles is 1. The summed E-state index contributed by atoms with van der Waals surface area (Å²) in [6, 6.07) is 7.68. The molecule has 1 unspecified atom stereocenters. The molecule has 3 nitrogen and oxygen atoms in total. The van der Waals surface area contributed by atoms with Gasteiger partial charge in [0.15, 0.2) is 0 Å². The minimum absolute atomic E-state index is 0.0699. The fourth-order valence-electron chi connectivity index (χ4n) is 1.03. The smallest absolute Gasteiger partial charge is 0.101 e. The van der Waals surface area contributed by atoms with Crippen LogP contribution in [0.5, 0.6) is 0 Å². The van der Waals surface area contributed by atoms with Crippen LogP contribution in [0, 0.1) is 11.3 Å². The Morgan fingerprint density at radius 2 is 2.36 bits per heavy atom. The number of rotatable bonds is 3. The average Bonchev–Trinajstić information content (AvgIpc) is 2.15. The third-order valence-corrected chi connectivity index (χ3v) is 2.21. The normalized spacial score (nSPS) is 11.9. The van der Waals surface area contributed by atoms with Crippen LogP contribution in [0.25, 0.3) is 0 Å². The molecule has 0 amide bonds. The maximum absolute atomic E-state index is 8.84. The lowest BCUT2D eigenvalue weighted by atomic mass is 10.2. The Labute approximate surface area is 92.0 Å². The SMILES string of the molecule is CC(N)CNc1cc(Br)ccc1C#N. The highest BCUT2D eigenvalue weighted by Crippen LogP contribution is 2.20. The highest BCUT2D eigenvalue weighted by molar-refractivity contribution is 9.10. The second-order valence-electron chi connectivity index (χ2n) is 3.16. The molecule has 0 saturated carbocycles. The predicted molar refractivity (Wildman–Crippen MR) is 61.0 cm³/mol. The van der Waals surface area contributed by atoms with Crippen LogP contribution >= 0.6 is 15.9 Å². The van der Waals surface area contributed by atoms with Crippen molar-refractivity contribution in [2.75, 3.05) is 11.9 Å². The Kier molecular flexibility index (Phi) is 3.93. The summed E-state index contributed by atoms with van der Waals surface area (Å²) < 4.78 is 0.948. The minimum Gasteiger partial charge on any atom is -0.382 e. The maximum Gasteiger partial charge on any atom is 0.101 e. The van der Waals surface area contributed by atoms with E-state index in [0.717, 1.165) is 10.2 Å². The molecule has 0 saturated heterocycles. The molecule has 0 aliphatic rings. The van der Waals surface area contributed by atoms with E-state index in [9.17, 15) is 0 Å². The van der Waals surface area contributed by atoms with Gasteiger partial charge in [0.05, 0.1) is 11.3 Å². The molecule has 0 aliphatic heterocycles. The number of hydrogen-bond donors (Lipinski definition) is 2. The van der Waals surface area contributed by atoms with E-state index in [1.54, 1.807) is 6.07 Å². The third kappa shape index (κ3) is 3.02. The van der Waals surface area contributed by atoms with Crippen LogP contribution in [0.15, 0.2) is 22.7 Å². The van der Waals surface area contributed by atoms with Gasteiger partial charge in [-0.15, -0.1) is 0 Å². The molecule has 1 rings (SSSR count). The van der Waals surface area contributed by atoms with Crippen LogP contribution in [0.2, 0.25) is 0 Å². The van der Waals surface area contributed by atoms with E-state index in [1.807, 2.05) is 19.1 Å². The Hall–Kier alpha value is -1.05. The Balaban J connectivity index is 2.84. The van der Waals surface area contributed by atoms with Gasteiger partial charge in [0.1, 0.15) is 6.07 Å². The lowest BCUT2D eigenvalue weighted by Gasteiger charge is -2.10. The first-order chi connectivity index (χ1) is 6.63. The molecule has 0 aliphatic carbocycles. The number of hydrogen-bond acceptors (Lipinski definition) is 3. The van der Waals surface area contributed by atoms with E-state index in [0.29, 0.717) is 12.1 Å². The van der Waals surface area contributed by atoms with Crippen molar-refractivity contribution in [3.8, 4) is 6.07 Å². The van der Waals surface area contributed by atoms with Crippen molar-refractivity contribution in [1.29, 1.82) is 5.26 Å². The van der Waals surface area contributed by atoms with Crippen LogP contribution in [0.4, 0.5) is 5.69 Å². The molecule has 0 fully saturated rings. The summed E-state index contributed by atoms with van der Waals surface area (Å²) in [5.41, 5.74) is 7.06. The second-order valence-corrected chi connectivity index (χ2v) is 4.08. The van der Waals surface area contributed by atoms with Crippen LogP contribution in [0.3, 0.4) is 0 Å².